The van der Waals surface area contributed by atoms with E-state index >= 15 is 0 Å². The van der Waals surface area contributed by atoms with Crippen LogP contribution in [0.4, 0.5) is 0 Å². The van der Waals surface area contributed by atoms with Gasteiger partial charge >= 0.3 is 0 Å². The number of rotatable bonds is 5. The third-order valence-electron chi connectivity index (χ3n) is 2.77. The Morgan fingerprint density at radius 3 is 2.83 bits per heavy atom. The van der Waals surface area contributed by atoms with Crippen molar-refractivity contribution in [3.63, 3.8) is 0 Å². The molecule has 2 aromatic carbocycles. The molecule has 2 aromatic rings. The smallest absolute Gasteiger partial charge is 0.277 e. The largest absolute Gasteiger partial charge is 0.508 e. The van der Waals surface area contributed by atoms with Crippen molar-refractivity contribution in [2.75, 3.05) is 6.61 Å². The first-order chi connectivity index (χ1) is 11.1. The van der Waals surface area contributed by atoms with Gasteiger partial charge in [0.15, 0.2) is 6.61 Å². The summed E-state index contributed by atoms with van der Waals surface area (Å²) in [6, 6.07) is 12.5. The summed E-state index contributed by atoms with van der Waals surface area (Å²) in [7, 11) is 0. The van der Waals surface area contributed by atoms with Gasteiger partial charge in [-0.1, -0.05) is 12.1 Å². The molecular formula is C16H13N3O4. The van der Waals surface area contributed by atoms with Crippen LogP contribution in [0.2, 0.25) is 0 Å². The summed E-state index contributed by atoms with van der Waals surface area (Å²) in [6.07, 6.45) is 1.23. The molecule has 7 heteroatoms. The predicted octanol–water partition coefficient (Wildman–Crippen LogP) is 1.50. The van der Waals surface area contributed by atoms with Gasteiger partial charge in [0.1, 0.15) is 23.3 Å². The molecule has 23 heavy (non-hydrogen) atoms. The maximum absolute atomic E-state index is 11.6. The van der Waals surface area contributed by atoms with Crippen molar-refractivity contribution in [2.45, 2.75) is 0 Å². The number of phenolic OH excluding ortho intramolecular Hbond substituents is 2. The summed E-state index contributed by atoms with van der Waals surface area (Å²) in [4.78, 5) is 11.6. The lowest BCUT2D eigenvalue weighted by Gasteiger charge is -2.06. The number of phenols is 2. The summed E-state index contributed by atoms with van der Waals surface area (Å²) in [5, 5.41) is 31.3. The number of nitriles is 1. The van der Waals surface area contributed by atoms with Crippen molar-refractivity contribution < 1.29 is 19.7 Å². The Labute approximate surface area is 132 Å². The molecule has 0 saturated heterocycles. The van der Waals surface area contributed by atoms with Crippen LogP contribution in [0, 0.1) is 11.3 Å². The average Bonchev–Trinajstić information content (AvgIpc) is 2.55. The second-order valence-electron chi connectivity index (χ2n) is 4.43. The van der Waals surface area contributed by atoms with Crippen LogP contribution in [0.15, 0.2) is 47.6 Å². The average molecular weight is 311 g/mol. The summed E-state index contributed by atoms with van der Waals surface area (Å²) >= 11 is 0. The van der Waals surface area contributed by atoms with Crippen molar-refractivity contribution in [2.24, 2.45) is 5.10 Å². The molecule has 0 aliphatic rings. The Hall–Kier alpha value is -3.53. The molecule has 0 bridgehead atoms. The number of nitrogens with one attached hydrogen (secondary N) is 1. The maximum atomic E-state index is 11.6. The van der Waals surface area contributed by atoms with E-state index in [9.17, 15) is 9.90 Å². The first kappa shape index (κ1) is 15.9. The molecule has 0 heterocycles. The minimum atomic E-state index is -0.521. The summed E-state index contributed by atoms with van der Waals surface area (Å²) in [5.74, 6) is -0.451. The lowest BCUT2D eigenvalue weighted by atomic mass is 10.2. The zero-order valence-corrected chi connectivity index (χ0v) is 11.9. The zero-order chi connectivity index (χ0) is 16.7. The highest BCUT2D eigenvalue weighted by Crippen LogP contribution is 2.20. The van der Waals surface area contributed by atoms with Gasteiger partial charge in [0.2, 0.25) is 0 Å². The number of carbonyl (C=O) groups excluding carboxylic acids is 1. The van der Waals surface area contributed by atoms with E-state index < -0.39 is 5.91 Å². The molecule has 2 rings (SSSR count). The Kier molecular flexibility index (Phi) is 5.15. The van der Waals surface area contributed by atoms with Crippen molar-refractivity contribution in [1.29, 1.82) is 5.26 Å². The number of carbonyl (C=O) groups is 1. The van der Waals surface area contributed by atoms with E-state index in [4.69, 9.17) is 15.1 Å². The number of amides is 1. The molecule has 0 aromatic heterocycles. The van der Waals surface area contributed by atoms with Gasteiger partial charge in [-0.15, -0.1) is 0 Å². The molecule has 0 atom stereocenters. The Morgan fingerprint density at radius 2 is 2.09 bits per heavy atom. The normalized spacial score (nSPS) is 10.2. The van der Waals surface area contributed by atoms with Crippen LogP contribution >= 0.6 is 0 Å². The fourth-order valence-electron chi connectivity index (χ4n) is 1.68. The van der Waals surface area contributed by atoms with Gasteiger partial charge < -0.3 is 14.9 Å². The monoisotopic (exact) mass is 311 g/mol. The van der Waals surface area contributed by atoms with Crippen LogP contribution < -0.4 is 10.2 Å². The SMILES string of the molecule is N#Cc1ccccc1OCC(=O)N/N=C/c1ccc(O)cc1O. The topological polar surface area (TPSA) is 115 Å². The second kappa shape index (κ2) is 7.47. The molecule has 116 valence electrons. The molecular weight excluding hydrogens is 298 g/mol. The molecule has 0 unspecified atom stereocenters. The number of hydrogen-bond acceptors (Lipinski definition) is 6. The lowest BCUT2D eigenvalue weighted by molar-refractivity contribution is -0.123. The van der Waals surface area contributed by atoms with Gasteiger partial charge in [-0.2, -0.15) is 10.4 Å². The molecule has 0 aliphatic carbocycles. The van der Waals surface area contributed by atoms with Crippen LogP contribution in [0.5, 0.6) is 17.2 Å². The minimum Gasteiger partial charge on any atom is -0.508 e. The summed E-state index contributed by atoms with van der Waals surface area (Å²) in [6.45, 7) is -0.308. The summed E-state index contributed by atoms with van der Waals surface area (Å²) < 4.78 is 5.24. The van der Waals surface area contributed by atoms with Crippen LogP contribution in [0.25, 0.3) is 0 Å². The van der Waals surface area contributed by atoms with E-state index in [-0.39, 0.29) is 18.1 Å². The van der Waals surface area contributed by atoms with Gasteiger partial charge in [0.05, 0.1) is 11.8 Å². The Morgan fingerprint density at radius 1 is 1.30 bits per heavy atom. The van der Waals surface area contributed by atoms with E-state index in [0.29, 0.717) is 16.9 Å². The van der Waals surface area contributed by atoms with Crippen molar-refractivity contribution in [3.05, 3.63) is 53.6 Å². The minimum absolute atomic E-state index is 0.0757. The van der Waals surface area contributed by atoms with E-state index in [1.165, 1.54) is 18.3 Å². The van der Waals surface area contributed by atoms with Gasteiger partial charge in [0.25, 0.3) is 5.91 Å². The fraction of sp³-hybridized carbons (Fsp3) is 0.0625. The first-order valence-corrected chi connectivity index (χ1v) is 6.56. The molecule has 0 spiro atoms. The molecule has 0 saturated carbocycles. The number of aromatic hydroxyl groups is 2. The third kappa shape index (κ3) is 4.47. The number of para-hydroxylation sites is 1. The van der Waals surface area contributed by atoms with Crippen molar-refractivity contribution in [1.82, 2.24) is 5.43 Å². The Balaban J connectivity index is 1.88. The third-order valence-corrected chi connectivity index (χ3v) is 2.77. The summed E-state index contributed by atoms with van der Waals surface area (Å²) in [5.41, 5.74) is 2.89. The van der Waals surface area contributed by atoms with Gasteiger partial charge in [-0.3, -0.25) is 4.79 Å². The molecule has 0 radical (unpaired) electrons. The number of hydrazone groups is 1. The van der Waals surface area contributed by atoms with Crippen LogP contribution in [-0.2, 0) is 4.79 Å². The van der Waals surface area contributed by atoms with E-state index in [1.807, 2.05) is 6.07 Å². The second-order valence-corrected chi connectivity index (χ2v) is 4.43. The van der Waals surface area contributed by atoms with Gasteiger partial charge in [0, 0.05) is 11.6 Å². The lowest BCUT2D eigenvalue weighted by Crippen LogP contribution is -2.24. The number of benzene rings is 2. The molecule has 0 aliphatic heterocycles. The molecule has 3 N–H and O–H groups in total. The zero-order valence-electron chi connectivity index (χ0n) is 11.9. The van der Waals surface area contributed by atoms with Crippen LogP contribution in [0.3, 0.4) is 0 Å². The number of ether oxygens (including phenoxy) is 1. The highest BCUT2D eigenvalue weighted by Gasteiger charge is 2.05. The van der Waals surface area contributed by atoms with Crippen molar-refractivity contribution >= 4 is 12.1 Å². The van der Waals surface area contributed by atoms with E-state index in [2.05, 4.69) is 10.5 Å². The highest BCUT2D eigenvalue weighted by atomic mass is 16.5. The standard InChI is InChI=1S/C16H13N3O4/c17-8-11-3-1-2-4-15(11)23-10-16(22)19-18-9-12-5-6-13(20)7-14(12)21/h1-7,9,20-21H,10H2,(H,19,22)/b18-9+. The van der Waals surface area contributed by atoms with Crippen molar-refractivity contribution in [3.8, 4) is 23.3 Å². The van der Waals surface area contributed by atoms with Gasteiger partial charge in [-0.25, -0.2) is 5.43 Å². The molecule has 1 amide bonds. The first-order valence-electron chi connectivity index (χ1n) is 6.56. The van der Waals surface area contributed by atoms with Gasteiger partial charge in [-0.05, 0) is 24.3 Å². The van der Waals surface area contributed by atoms with Crippen LogP contribution in [-0.4, -0.2) is 28.9 Å². The highest BCUT2D eigenvalue weighted by molar-refractivity contribution is 5.85. The Bertz CT molecular complexity index is 781. The molecule has 0 fully saturated rings. The molecule has 7 nitrogen and oxygen atoms in total. The van der Waals surface area contributed by atoms with E-state index in [0.717, 1.165) is 6.07 Å². The fourth-order valence-corrected chi connectivity index (χ4v) is 1.68. The van der Waals surface area contributed by atoms with Crippen LogP contribution in [0.1, 0.15) is 11.1 Å². The van der Waals surface area contributed by atoms with E-state index in [1.54, 1.807) is 24.3 Å². The number of hydrogen-bond donors (Lipinski definition) is 3. The quantitative estimate of drug-likeness (QED) is 0.572. The number of nitrogens with zero attached hydrogens (tertiary/aromatic N) is 2. The maximum Gasteiger partial charge on any atom is 0.277 e. The predicted molar refractivity (Wildman–Crippen MR) is 82.2 cm³/mol.